The highest BCUT2D eigenvalue weighted by Gasteiger charge is 2.25. The van der Waals surface area contributed by atoms with Gasteiger partial charge in [-0.25, -0.2) is 4.79 Å². The number of ether oxygens (including phenoxy) is 2. The van der Waals surface area contributed by atoms with Crippen molar-refractivity contribution in [3.05, 3.63) is 59.0 Å². The van der Waals surface area contributed by atoms with Crippen molar-refractivity contribution in [3.63, 3.8) is 0 Å². The molecule has 1 fully saturated rings. The lowest BCUT2D eigenvalue weighted by Gasteiger charge is -2.32. The third-order valence-corrected chi connectivity index (χ3v) is 5.75. The Hall–Kier alpha value is -3.22. The number of aromatic amines is 1. The summed E-state index contributed by atoms with van der Waals surface area (Å²) in [5.41, 5.74) is 1.72. The standard InChI is InChI=1S/C24H29N3O4/c1-2-30-21-10-5-6-11-22(21)31-17-7-12-23(28)26-15-13-18(14-16-26)27-20-9-4-3-8-19(20)25-24(27)29/h3-6,8-11,18H,2,7,12-17H2,1H3,(H,25,29). The van der Waals surface area contributed by atoms with Crippen LogP contribution in [0.25, 0.3) is 11.0 Å². The zero-order chi connectivity index (χ0) is 21.6. The molecule has 0 aliphatic carbocycles. The van der Waals surface area contributed by atoms with Gasteiger partial charge in [-0.2, -0.15) is 0 Å². The SMILES string of the molecule is CCOc1ccccc1OCCCC(=O)N1CCC(n2c(=O)[nH]c3ccccc32)CC1. The Morgan fingerprint density at radius 2 is 1.71 bits per heavy atom. The lowest BCUT2D eigenvalue weighted by atomic mass is 10.0. The molecule has 1 aliphatic heterocycles. The molecule has 0 bridgehead atoms. The fourth-order valence-electron chi connectivity index (χ4n) is 4.22. The zero-order valence-electron chi connectivity index (χ0n) is 17.9. The van der Waals surface area contributed by atoms with E-state index in [1.807, 2.05) is 64.9 Å². The number of carbonyl (C=O) groups is 1. The first-order chi connectivity index (χ1) is 15.2. The molecule has 2 aromatic carbocycles. The van der Waals surface area contributed by atoms with E-state index in [4.69, 9.17) is 9.47 Å². The van der Waals surface area contributed by atoms with E-state index in [-0.39, 0.29) is 17.6 Å². The molecule has 0 spiro atoms. The zero-order valence-corrected chi connectivity index (χ0v) is 17.9. The Bertz CT molecular complexity index is 1080. The maximum atomic E-state index is 12.6. The third-order valence-electron chi connectivity index (χ3n) is 5.75. The van der Waals surface area contributed by atoms with Gasteiger partial charge in [0.05, 0.1) is 24.2 Å². The summed E-state index contributed by atoms with van der Waals surface area (Å²) in [6.45, 7) is 4.33. The number of nitrogens with zero attached hydrogens (tertiary/aromatic N) is 2. The molecule has 31 heavy (non-hydrogen) atoms. The Labute approximate surface area is 181 Å². The summed E-state index contributed by atoms with van der Waals surface area (Å²) in [6, 6.07) is 15.4. The van der Waals surface area contributed by atoms with E-state index < -0.39 is 0 Å². The molecule has 3 aromatic rings. The van der Waals surface area contributed by atoms with Crippen LogP contribution in [0.2, 0.25) is 0 Å². The van der Waals surface area contributed by atoms with Gasteiger partial charge in [-0.15, -0.1) is 0 Å². The summed E-state index contributed by atoms with van der Waals surface area (Å²) >= 11 is 0. The van der Waals surface area contributed by atoms with Crippen LogP contribution in [0.3, 0.4) is 0 Å². The minimum Gasteiger partial charge on any atom is -0.490 e. The fourth-order valence-corrected chi connectivity index (χ4v) is 4.22. The average Bonchev–Trinajstić information content (AvgIpc) is 3.13. The number of para-hydroxylation sites is 4. The highest BCUT2D eigenvalue weighted by Crippen LogP contribution is 2.27. The molecule has 1 aliphatic rings. The van der Waals surface area contributed by atoms with Gasteiger partial charge in [-0.3, -0.25) is 9.36 Å². The summed E-state index contributed by atoms with van der Waals surface area (Å²) < 4.78 is 13.2. The van der Waals surface area contributed by atoms with Crippen LogP contribution in [0.1, 0.15) is 38.6 Å². The van der Waals surface area contributed by atoms with E-state index in [2.05, 4.69) is 4.98 Å². The molecular weight excluding hydrogens is 394 g/mol. The normalized spacial score (nSPS) is 14.7. The molecule has 0 saturated carbocycles. The van der Waals surface area contributed by atoms with E-state index in [0.29, 0.717) is 44.9 Å². The van der Waals surface area contributed by atoms with E-state index >= 15 is 0 Å². The summed E-state index contributed by atoms with van der Waals surface area (Å²) in [5, 5.41) is 0. The van der Waals surface area contributed by atoms with Gasteiger partial charge in [0.15, 0.2) is 11.5 Å². The minimum absolute atomic E-state index is 0.0736. The summed E-state index contributed by atoms with van der Waals surface area (Å²) in [4.78, 5) is 29.9. The first-order valence-electron chi connectivity index (χ1n) is 11.0. The third kappa shape index (κ3) is 4.76. The molecular formula is C24H29N3O4. The van der Waals surface area contributed by atoms with Crippen LogP contribution < -0.4 is 15.2 Å². The second-order valence-electron chi connectivity index (χ2n) is 7.76. The molecule has 4 rings (SSSR count). The Kier molecular flexibility index (Phi) is 6.60. The predicted molar refractivity (Wildman–Crippen MR) is 120 cm³/mol. The second-order valence-corrected chi connectivity index (χ2v) is 7.76. The molecule has 1 amide bonds. The topological polar surface area (TPSA) is 76.6 Å². The number of imidazole rings is 1. The number of aromatic nitrogens is 2. The highest BCUT2D eigenvalue weighted by atomic mass is 16.5. The van der Waals surface area contributed by atoms with Crippen molar-refractivity contribution in [2.75, 3.05) is 26.3 Å². The number of nitrogens with one attached hydrogen (secondary N) is 1. The molecule has 0 radical (unpaired) electrons. The molecule has 7 heteroatoms. The first kappa shape index (κ1) is 21.0. The van der Waals surface area contributed by atoms with Crippen molar-refractivity contribution >= 4 is 16.9 Å². The lowest BCUT2D eigenvalue weighted by molar-refractivity contribution is -0.132. The number of rotatable bonds is 8. The summed E-state index contributed by atoms with van der Waals surface area (Å²) in [5.74, 6) is 1.58. The number of carbonyl (C=O) groups excluding carboxylic acids is 1. The maximum Gasteiger partial charge on any atom is 0.326 e. The van der Waals surface area contributed by atoms with Crippen molar-refractivity contribution in [2.24, 2.45) is 0 Å². The minimum atomic E-state index is -0.0736. The van der Waals surface area contributed by atoms with Crippen molar-refractivity contribution in [1.29, 1.82) is 0 Å². The monoisotopic (exact) mass is 423 g/mol. The van der Waals surface area contributed by atoms with Gasteiger partial charge in [0, 0.05) is 25.6 Å². The Balaban J connectivity index is 1.25. The van der Waals surface area contributed by atoms with E-state index in [9.17, 15) is 9.59 Å². The Morgan fingerprint density at radius 3 is 2.45 bits per heavy atom. The van der Waals surface area contributed by atoms with Crippen molar-refractivity contribution < 1.29 is 14.3 Å². The number of hydrogen-bond acceptors (Lipinski definition) is 4. The number of fused-ring (bicyclic) bond motifs is 1. The molecule has 2 heterocycles. The van der Waals surface area contributed by atoms with Crippen molar-refractivity contribution in [3.8, 4) is 11.5 Å². The van der Waals surface area contributed by atoms with Crippen molar-refractivity contribution in [2.45, 2.75) is 38.6 Å². The molecule has 7 nitrogen and oxygen atoms in total. The molecule has 0 unspecified atom stereocenters. The van der Waals surface area contributed by atoms with Gasteiger partial charge in [0.25, 0.3) is 0 Å². The first-order valence-corrected chi connectivity index (χ1v) is 11.0. The van der Waals surface area contributed by atoms with Crippen molar-refractivity contribution in [1.82, 2.24) is 14.5 Å². The van der Waals surface area contributed by atoms with Crippen LogP contribution in [0, 0.1) is 0 Å². The van der Waals surface area contributed by atoms with Crippen LogP contribution in [0.15, 0.2) is 53.3 Å². The number of hydrogen-bond donors (Lipinski definition) is 1. The molecule has 0 atom stereocenters. The number of likely N-dealkylation sites (tertiary alicyclic amines) is 1. The van der Waals surface area contributed by atoms with E-state index in [0.717, 1.165) is 29.6 Å². The largest absolute Gasteiger partial charge is 0.490 e. The van der Waals surface area contributed by atoms with Crippen LogP contribution in [-0.4, -0.2) is 46.7 Å². The predicted octanol–water partition coefficient (Wildman–Crippen LogP) is 3.75. The van der Waals surface area contributed by atoms with Crippen LogP contribution in [-0.2, 0) is 4.79 Å². The molecule has 1 saturated heterocycles. The number of benzene rings is 2. The van der Waals surface area contributed by atoms with Crippen LogP contribution in [0.4, 0.5) is 0 Å². The second kappa shape index (κ2) is 9.73. The summed E-state index contributed by atoms with van der Waals surface area (Å²) in [7, 11) is 0. The van der Waals surface area contributed by atoms with Gasteiger partial charge in [-0.05, 0) is 50.5 Å². The number of amides is 1. The van der Waals surface area contributed by atoms with Crippen LogP contribution in [0.5, 0.6) is 11.5 Å². The average molecular weight is 424 g/mol. The molecule has 164 valence electrons. The van der Waals surface area contributed by atoms with Crippen LogP contribution >= 0.6 is 0 Å². The quantitative estimate of drug-likeness (QED) is 0.560. The fraction of sp³-hybridized carbons (Fsp3) is 0.417. The van der Waals surface area contributed by atoms with E-state index in [1.165, 1.54) is 0 Å². The summed E-state index contributed by atoms with van der Waals surface area (Å²) in [6.07, 6.45) is 2.67. The van der Waals surface area contributed by atoms with Gasteiger partial charge in [0.2, 0.25) is 5.91 Å². The van der Waals surface area contributed by atoms with Gasteiger partial charge in [-0.1, -0.05) is 24.3 Å². The smallest absolute Gasteiger partial charge is 0.326 e. The van der Waals surface area contributed by atoms with Gasteiger partial charge in [0.1, 0.15) is 0 Å². The number of H-pyrrole nitrogens is 1. The molecule has 1 aromatic heterocycles. The number of piperidine rings is 1. The molecule has 1 N–H and O–H groups in total. The maximum absolute atomic E-state index is 12.6. The van der Waals surface area contributed by atoms with Gasteiger partial charge < -0.3 is 19.4 Å². The Morgan fingerprint density at radius 1 is 1.03 bits per heavy atom. The highest BCUT2D eigenvalue weighted by molar-refractivity contribution is 5.76. The van der Waals surface area contributed by atoms with E-state index in [1.54, 1.807) is 0 Å². The van der Waals surface area contributed by atoms with Gasteiger partial charge >= 0.3 is 5.69 Å². The lowest BCUT2D eigenvalue weighted by Crippen LogP contribution is -2.40.